The Labute approximate surface area is 107 Å². The Morgan fingerprint density at radius 3 is 2.67 bits per heavy atom. The number of carbonyl (C=O) groups excluding carboxylic acids is 1. The number of alkyl halides is 3. The lowest BCUT2D eigenvalue weighted by Crippen LogP contribution is -2.10. The Bertz CT molecular complexity index is 500. The molecule has 0 aliphatic carbocycles. The number of hydrogen-bond acceptors (Lipinski definition) is 4. The van der Waals surface area contributed by atoms with Crippen LogP contribution in [0, 0.1) is 11.3 Å². The molecule has 0 saturated heterocycles. The Kier molecular flexibility index (Phi) is 4.86. The first-order valence-electron chi connectivity index (χ1n) is 4.69. The first kappa shape index (κ1) is 14.2. The van der Waals surface area contributed by atoms with E-state index in [0.717, 1.165) is 13.2 Å². The molecule has 0 bridgehead atoms. The molecule has 1 aromatic carbocycles. The van der Waals surface area contributed by atoms with Gasteiger partial charge in [-0.2, -0.15) is 14.0 Å². The van der Waals surface area contributed by atoms with Gasteiger partial charge >= 0.3 is 12.6 Å². The average Bonchev–Trinajstić information content (AvgIpc) is 2.36. The van der Waals surface area contributed by atoms with Gasteiger partial charge in [-0.1, -0.05) is 0 Å². The van der Waals surface area contributed by atoms with Crippen LogP contribution in [0.2, 0.25) is 0 Å². The van der Waals surface area contributed by atoms with Crippen molar-refractivity contribution in [3.8, 4) is 11.8 Å². The highest BCUT2D eigenvalue weighted by molar-refractivity contribution is 6.17. The zero-order chi connectivity index (χ0) is 13.7. The molecule has 0 radical (unpaired) electrons. The van der Waals surface area contributed by atoms with Crippen molar-refractivity contribution in [2.24, 2.45) is 0 Å². The van der Waals surface area contributed by atoms with Crippen molar-refractivity contribution in [2.75, 3.05) is 7.11 Å². The van der Waals surface area contributed by atoms with Crippen LogP contribution in [-0.4, -0.2) is 19.7 Å². The van der Waals surface area contributed by atoms with Crippen LogP contribution in [0.25, 0.3) is 0 Å². The molecule has 1 aromatic rings. The summed E-state index contributed by atoms with van der Waals surface area (Å²) in [6.45, 7) is -3.11. The molecule has 0 spiro atoms. The summed E-state index contributed by atoms with van der Waals surface area (Å²) < 4.78 is 33.0. The first-order chi connectivity index (χ1) is 8.53. The number of halogens is 3. The molecule has 1 rings (SSSR count). The summed E-state index contributed by atoms with van der Waals surface area (Å²) >= 11 is 5.60. The summed E-state index contributed by atoms with van der Waals surface area (Å²) in [6, 6.07) is 4.02. The Hall–Kier alpha value is -1.87. The molecule has 0 aromatic heterocycles. The maximum Gasteiger partial charge on any atom is 0.387 e. The maximum atomic E-state index is 12.2. The monoisotopic (exact) mass is 275 g/mol. The second-order valence-electron chi connectivity index (χ2n) is 3.12. The number of nitrogens with zero attached hydrogens (tertiary/aromatic N) is 1. The summed E-state index contributed by atoms with van der Waals surface area (Å²) in [4.78, 5) is 11.4. The normalized spacial score (nSPS) is 10.0. The van der Waals surface area contributed by atoms with E-state index >= 15 is 0 Å². The van der Waals surface area contributed by atoms with Crippen LogP contribution in [0.4, 0.5) is 8.78 Å². The van der Waals surface area contributed by atoms with Gasteiger partial charge in [-0.05, 0) is 17.7 Å². The minimum absolute atomic E-state index is 0.0398. The molecule has 7 heteroatoms. The van der Waals surface area contributed by atoms with Gasteiger partial charge in [-0.3, -0.25) is 0 Å². The lowest BCUT2D eigenvalue weighted by Gasteiger charge is -2.11. The lowest BCUT2D eigenvalue weighted by atomic mass is 10.0. The van der Waals surface area contributed by atoms with Gasteiger partial charge in [0.1, 0.15) is 11.3 Å². The maximum absolute atomic E-state index is 12.2. The SMILES string of the molecule is COC(=O)c1cc(CCl)c(C#N)cc1OC(F)F. The van der Waals surface area contributed by atoms with Crippen molar-refractivity contribution in [1.82, 2.24) is 0 Å². The first-order valence-corrected chi connectivity index (χ1v) is 5.23. The van der Waals surface area contributed by atoms with Gasteiger partial charge in [0.2, 0.25) is 0 Å². The second-order valence-corrected chi connectivity index (χ2v) is 3.39. The van der Waals surface area contributed by atoms with Gasteiger partial charge in [0.25, 0.3) is 0 Å². The molecular formula is C11H8ClF2NO3. The van der Waals surface area contributed by atoms with E-state index in [0.29, 0.717) is 5.56 Å². The highest BCUT2D eigenvalue weighted by atomic mass is 35.5. The molecule has 0 saturated carbocycles. The predicted octanol–water partition coefficient (Wildman–Crippen LogP) is 2.69. The van der Waals surface area contributed by atoms with Gasteiger partial charge in [0, 0.05) is 5.88 Å². The van der Waals surface area contributed by atoms with Gasteiger partial charge in [-0.25, -0.2) is 4.79 Å². The van der Waals surface area contributed by atoms with E-state index in [4.69, 9.17) is 16.9 Å². The van der Waals surface area contributed by atoms with Gasteiger partial charge in [0.05, 0.1) is 18.7 Å². The fourth-order valence-electron chi connectivity index (χ4n) is 1.30. The smallest absolute Gasteiger partial charge is 0.387 e. The molecule has 0 unspecified atom stereocenters. The Balaban J connectivity index is 3.36. The summed E-state index contributed by atoms with van der Waals surface area (Å²) in [5.41, 5.74) is 0.196. The number of rotatable bonds is 4. The molecule has 0 fully saturated rings. The van der Waals surface area contributed by atoms with E-state index in [9.17, 15) is 13.6 Å². The highest BCUT2D eigenvalue weighted by Gasteiger charge is 2.19. The van der Waals surface area contributed by atoms with Gasteiger partial charge in [0.15, 0.2) is 0 Å². The largest absolute Gasteiger partial charge is 0.465 e. The molecule has 18 heavy (non-hydrogen) atoms. The Morgan fingerprint density at radius 1 is 1.56 bits per heavy atom. The molecule has 0 N–H and O–H groups in total. The van der Waals surface area contributed by atoms with Crippen molar-refractivity contribution >= 4 is 17.6 Å². The minimum Gasteiger partial charge on any atom is -0.465 e. The molecule has 4 nitrogen and oxygen atoms in total. The van der Waals surface area contributed by atoms with Gasteiger partial charge < -0.3 is 9.47 Å². The van der Waals surface area contributed by atoms with Crippen LogP contribution in [0.15, 0.2) is 12.1 Å². The fourth-order valence-corrected chi connectivity index (χ4v) is 1.52. The number of carbonyl (C=O) groups is 1. The topological polar surface area (TPSA) is 59.3 Å². The summed E-state index contributed by atoms with van der Waals surface area (Å²) in [7, 11) is 1.10. The number of nitriles is 1. The number of ether oxygens (including phenoxy) is 2. The second kappa shape index (κ2) is 6.17. The van der Waals surface area contributed by atoms with E-state index in [1.54, 1.807) is 6.07 Å². The van der Waals surface area contributed by atoms with E-state index < -0.39 is 18.3 Å². The zero-order valence-electron chi connectivity index (χ0n) is 9.25. The van der Waals surface area contributed by atoms with Crippen LogP contribution < -0.4 is 4.74 Å². The molecule has 96 valence electrons. The van der Waals surface area contributed by atoms with Crippen LogP contribution in [0.1, 0.15) is 21.5 Å². The van der Waals surface area contributed by atoms with E-state index in [1.807, 2.05) is 0 Å². The van der Waals surface area contributed by atoms with Crippen molar-refractivity contribution < 1.29 is 23.0 Å². The van der Waals surface area contributed by atoms with Crippen LogP contribution in [-0.2, 0) is 10.6 Å². The third-order valence-electron chi connectivity index (χ3n) is 2.09. The van der Waals surface area contributed by atoms with Crippen molar-refractivity contribution in [2.45, 2.75) is 12.5 Å². The zero-order valence-corrected chi connectivity index (χ0v) is 10.0. The molecule has 0 atom stereocenters. The summed E-state index contributed by atoms with van der Waals surface area (Å²) in [5.74, 6) is -1.30. The number of benzene rings is 1. The summed E-state index contributed by atoms with van der Waals surface area (Å²) in [6.07, 6.45) is 0. The fraction of sp³-hybridized carbons (Fsp3) is 0.273. The number of esters is 1. The molecular weight excluding hydrogens is 268 g/mol. The molecule has 0 aliphatic heterocycles. The lowest BCUT2D eigenvalue weighted by molar-refractivity contribution is -0.0504. The van der Waals surface area contributed by atoms with E-state index in [-0.39, 0.29) is 17.0 Å². The van der Waals surface area contributed by atoms with Crippen molar-refractivity contribution in [3.05, 3.63) is 28.8 Å². The van der Waals surface area contributed by atoms with E-state index in [1.165, 1.54) is 6.07 Å². The summed E-state index contributed by atoms with van der Waals surface area (Å²) in [5, 5.41) is 8.83. The van der Waals surface area contributed by atoms with Crippen LogP contribution in [0.5, 0.6) is 5.75 Å². The van der Waals surface area contributed by atoms with Crippen LogP contribution in [0.3, 0.4) is 0 Å². The van der Waals surface area contributed by atoms with Crippen LogP contribution >= 0.6 is 11.6 Å². The minimum atomic E-state index is -3.11. The van der Waals surface area contributed by atoms with E-state index in [2.05, 4.69) is 9.47 Å². The Morgan fingerprint density at radius 2 is 2.22 bits per heavy atom. The van der Waals surface area contributed by atoms with Crippen molar-refractivity contribution in [3.63, 3.8) is 0 Å². The highest BCUT2D eigenvalue weighted by Crippen LogP contribution is 2.27. The third kappa shape index (κ3) is 3.08. The molecule has 0 aliphatic rings. The van der Waals surface area contributed by atoms with Crippen molar-refractivity contribution in [1.29, 1.82) is 5.26 Å². The predicted molar refractivity (Wildman–Crippen MR) is 58.7 cm³/mol. The quantitative estimate of drug-likeness (QED) is 0.626. The average molecular weight is 276 g/mol. The number of methoxy groups -OCH3 is 1. The molecule has 0 amide bonds. The standard InChI is InChI=1S/C11H8ClF2NO3/c1-17-10(16)8-2-6(4-12)7(5-15)3-9(8)18-11(13)14/h2-3,11H,4H2,1H3. The third-order valence-corrected chi connectivity index (χ3v) is 2.38. The molecule has 0 heterocycles. The number of hydrogen-bond donors (Lipinski definition) is 0. The van der Waals surface area contributed by atoms with Gasteiger partial charge in [-0.15, -0.1) is 11.6 Å².